The SMILES string of the molecule is CCOc1ccccc1NC(=O)N1C[C@H]2[C@H](N(C)C)CS(=O)(=O)[C@H]2C1. The Labute approximate surface area is 148 Å². The van der Waals surface area contributed by atoms with E-state index in [4.69, 9.17) is 4.74 Å². The first-order chi connectivity index (χ1) is 11.8. The van der Waals surface area contributed by atoms with E-state index in [1.54, 1.807) is 17.0 Å². The minimum absolute atomic E-state index is 0.0344. The number of sulfone groups is 1. The van der Waals surface area contributed by atoms with Gasteiger partial charge in [0.1, 0.15) is 5.75 Å². The molecule has 3 atom stereocenters. The number of amides is 2. The fraction of sp³-hybridized carbons (Fsp3) is 0.588. The predicted molar refractivity (Wildman–Crippen MR) is 96.7 cm³/mol. The van der Waals surface area contributed by atoms with Crippen molar-refractivity contribution in [2.24, 2.45) is 5.92 Å². The molecule has 0 radical (unpaired) electrons. The molecule has 7 nitrogen and oxygen atoms in total. The van der Waals surface area contributed by atoms with Gasteiger partial charge in [0.05, 0.1) is 23.3 Å². The number of carbonyl (C=O) groups is 1. The van der Waals surface area contributed by atoms with Crippen molar-refractivity contribution in [1.82, 2.24) is 9.80 Å². The second kappa shape index (κ2) is 6.84. The third-order valence-electron chi connectivity index (χ3n) is 5.05. The lowest BCUT2D eigenvalue weighted by atomic mass is 10.00. The molecule has 3 rings (SSSR count). The largest absolute Gasteiger partial charge is 0.492 e. The molecule has 2 heterocycles. The lowest BCUT2D eigenvalue weighted by molar-refractivity contribution is 0.210. The molecule has 2 saturated heterocycles. The highest BCUT2D eigenvalue weighted by molar-refractivity contribution is 7.92. The number of hydrogen-bond donors (Lipinski definition) is 1. The van der Waals surface area contributed by atoms with E-state index in [0.717, 1.165) is 0 Å². The van der Waals surface area contributed by atoms with E-state index in [0.29, 0.717) is 24.6 Å². The Morgan fingerprint density at radius 3 is 2.72 bits per heavy atom. The number of para-hydroxylation sites is 2. The highest BCUT2D eigenvalue weighted by Gasteiger charge is 2.53. The molecule has 0 aliphatic carbocycles. The minimum Gasteiger partial charge on any atom is -0.492 e. The summed E-state index contributed by atoms with van der Waals surface area (Å²) in [7, 11) is 0.623. The molecular formula is C17H25N3O4S. The predicted octanol–water partition coefficient (Wildman–Crippen LogP) is 1.28. The number of nitrogens with zero attached hydrogens (tertiary/aromatic N) is 2. The molecule has 0 bridgehead atoms. The number of nitrogens with one attached hydrogen (secondary N) is 1. The van der Waals surface area contributed by atoms with E-state index in [-0.39, 0.29) is 30.3 Å². The van der Waals surface area contributed by atoms with Crippen molar-refractivity contribution in [3.8, 4) is 5.75 Å². The van der Waals surface area contributed by atoms with E-state index in [1.807, 2.05) is 38.1 Å². The number of anilines is 1. The third kappa shape index (κ3) is 3.46. The zero-order chi connectivity index (χ0) is 18.2. The molecule has 1 aromatic rings. The second-order valence-corrected chi connectivity index (χ2v) is 9.09. The van der Waals surface area contributed by atoms with Gasteiger partial charge >= 0.3 is 6.03 Å². The van der Waals surface area contributed by atoms with Crippen molar-refractivity contribution < 1.29 is 17.9 Å². The van der Waals surface area contributed by atoms with Crippen LogP contribution < -0.4 is 10.1 Å². The van der Waals surface area contributed by atoms with E-state index < -0.39 is 15.1 Å². The molecule has 1 aromatic carbocycles. The molecule has 2 aliphatic rings. The molecule has 0 saturated carbocycles. The first-order valence-corrected chi connectivity index (χ1v) is 10.2. The van der Waals surface area contributed by atoms with Gasteiger partial charge in [-0.25, -0.2) is 13.2 Å². The van der Waals surface area contributed by atoms with Crippen molar-refractivity contribution in [2.45, 2.75) is 18.2 Å². The number of fused-ring (bicyclic) bond motifs is 1. The maximum Gasteiger partial charge on any atom is 0.321 e. The smallest absolute Gasteiger partial charge is 0.321 e. The maximum atomic E-state index is 12.6. The summed E-state index contributed by atoms with van der Waals surface area (Å²) in [5.41, 5.74) is 0.596. The minimum atomic E-state index is -3.16. The number of urea groups is 1. The monoisotopic (exact) mass is 367 g/mol. The average molecular weight is 367 g/mol. The zero-order valence-corrected chi connectivity index (χ0v) is 15.6. The summed E-state index contributed by atoms with van der Waals surface area (Å²) < 4.78 is 30.4. The van der Waals surface area contributed by atoms with Gasteiger partial charge in [-0.2, -0.15) is 0 Å². The highest BCUT2D eigenvalue weighted by Crippen LogP contribution is 2.36. The third-order valence-corrected chi connectivity index (χ3v) is 7.27. The van der Waals surface area contributed by atoms with Crippen LogP contribution in [0.25, 0.3) is 0 Å². The lowest BCUT2D eigenvalue weighted by Gasteiger charge is -2.25. The molecule has 2 aliphatic heterocycles. The lowest BCUT2D eigenvalue weighted by Crippen LogP contribution is -2.39. The highest BCUT2D eigenvalue weighted by atomic mass is 32.2. The van der Waals surface area contributed by atoms with Crippen LogP contribution in [0.1, 0.15) is 6.92 Å². The van der Waals surface area contributed by atoms with Crippen LogP contribution in [-0.4, -0.2) is 75.1 Å². The van der Waals surface area contributed by atoms with Crippen LogP contribution in [0.5, 0.6) is 5.75 Å². The fourth-order valence-corrected chi connectivity index (χ4v) is 6.25. The van der Waals surface area contributed by atoms with Crippen molar-refractivity contribution >= 4 is 21.6 Å². The standard InChI is InChI=1S/C17H25N3O4S/c1-4-24-15-8-6-5-7-13(15)18-17(21)20-9-12-14(19(2)3)11-25(22,23)16(12)10-20/h5-8,12,14,16H,4,9-11H2,1-3H3,(H,18,21)/t12-,14+,16-/m0/s1. The Hall–Kier alpha value is -1.80. The Balaban J connectivity index is 1.73. The molecule has 1 N–H and O–H groups in total. The van der Waals surface area contributed by atoms with E-state index in [9.17, 15) is 13.2 Å². The van der Waals surface area contributed by atoms with Crippen molar-refractivity contribution in [3.63, 3.8) is 0 Å². The first kappa shape index (κ1) is 18.0. The van der Waals surface area contributed by atoms with Crippen molar-refractivity contribution in [1.29, 1.82) is 0 Å². The number of carbonyl (C=O) groups excluding carboxylic acids is 1. The quantitative estimate of drug-likeness (QED) is 0.867. The Kier molecular flexibility index (Phi) is 4.92. The molecule has 0 spiro atoms. The van der Waals surface area contributed by atoms with E-state index in [2.05, 4.69) is 5.32 Å². The zero-order valence-electron chi connectivity index (χ0n) is 14.8. The number of rotatable bonds is 4. The van der Waals surface area contributed by atoms with Crippen LogP contribution in [0.3, 0.4) is 0 Å². The molecule has 25 heavy (non-hydrogen) atoms. The van der Waals surface area contributed by atoms with Crippen LogP contribution in [-0.2, 0) is 9.84 Å². The van der Waals surface area contributed by atoms with Gasteiger partial charge < -0.3 is 19.9 Å². The van der Waals surface area contributed by atoms with Gasteiger partial charge in [0.15, 0.2) is 9.84 Å². The summed E-state index contributed by atoms with van der Waals surface area (Å²) >= 11 is 0. The molecule has 138 valence electrons. The maximum absolute atomic E-state index is 12.6. The molecule has 0 aromatic heterocycles. The van der Waals surface area contributed by atoms with Crippen LogP contribution >= 0.6 is 0 Å². The summed E-state index contributed by atoms with van der Waals surface area (Å²) in [4.78, 5) is 16.2. The first-order valence-electron chi connectivity index (χ1n) is 8.49. The summed E-state index contributed by atoms with van der Waals surface area (Å²) in [6.07, 6.45) is 0. The van der Waals surface area contributed by atoms with Gasteiger partial charge in [-0.3, -0.25) is 0 Å². The summed E-state index contributed by atoms with van der Waals surface area (Å²) in [5.74, 6) is 0.752. The normalized spacial score (nSPS) is 27.4. The van der Waals surface area contributed by atoms with Gasteiger partial charge in [-0.05, 0) is 33.2 Å². The Bertz CT molecular complexity index is 750. The summed E-state index contributed by atoms with van der Waals surface area (Å²) in [5, 5.41) is 2.39. The molecule has 0 unspecified atom stereocenters. The average Bonchev–Trinajstić information content (AvgIpc) is 3.09. The number of benzene rings is 1. The van der Waals surface area contributed by atoms with E-state index >= 15 is 0 Å². The number of hydrogen-bond acceptors (Lipinski definition) is 5. The second-order valence-electron chi connectivity index (χ2n) is 6.83. The summed E-state index contributed by atoms with van der Waals surface area (Å²) in [6, 6.07) is 6.92. The van der Waals surface area contributed by atoms with Crippen molar-refractivity contribution in [3.05, 3.63) is 24.3 Å². The molecular weight excluding hydrogens is 342 g/mol. The molecule has 8 heteroatoms. The van der Waals surface area contributed by atoms with Gasteiger partial charge in [-0.1, -0.05) is 12.1 Å². The summed E-state index contributed by atoms with van der Waals surface area (Å²) in [6.45, 7) is 3.09. The van der Waals surface area contributed by atoms with Crippen LogP contribution in [0, 0.1) is 5.92 Å². The van der Waals surface area contributed by atoms with Crippen LogP contribution in [0.4, 0.5) is 10.5 Å². The van der Waals surface area contributed by atoms with E-state index in [1.165, 1.54) is 0 Å². The van der Waals surface area contributed by atoms with Gasteiger partial charge in [0.2, 0.25) is 0 Å². The Morgan fingerprint density at radius 1 is 1.32 bits per heavy atom. The van der Waals surface area contributed by atoms with Gasteiger partial charge in [-0.15, -0.1) is 0 Å². The van der Waals surface area contributed by atoms with Crippen LogP contribution in [0.15, 0.2) is 24.3 Å². The molecule has 2 amide bonds. The van der Waals surface area contributed by atoms with Crippen molar-refractivity contribution in [2.75, 3.05) is 44.9 Å². The Morgan fingerprint density at radius 2 is 2.04 bits per heavy atom. The molecule has 2 fully saturated rings. The topological polar surface area (TPSA) is 79.0 Å². The van der Waals surface area contributed by atoms with Gasteiger partial charge in [0, 0.05) is 25.0 Å². The van der Waals surface area contributed by atoms with Crippen LogP contribution in [0.2, 0.25) is 0 Å². The fourth-order valence-electron chi connectivity index (χ4n) is 3.78. The number of likely N-dealkylation sites (tertiary alicyclic amines) is 1. The number of ether oxygens (including phenoxy) is 1. The van der Waals surface area contributed by atoms with Gasteiger partial charge in [0.25, 0.3) is 0 Å².